The van der Waals surface area contributed by atoms with Crippen LogP contribution in [0.3, 0.4) is 0 Å². The Morgan fingerprint density at radius 1 is 0.935 bits per heavy atom. The van der Waals surface area contributed by atoms with E-state index in [4.69, 9.17) is 9.47 Å². The van der Waals surface area contributed by atoms with Crippen molar-refractivity contribution in [3.63, 3.8) is 0 Å². The molecule has 0 unspecified atom stereocenters. The zero-order valence-electron chi connectivity index (χ0n) is 18.0. The van der Waals surface area contributed by atoms with Crippen LogP contribution in [0.15, 0.2) is 47.4 Å². The van der Waals surface area contributed by atoms with Gasteiger partial charge in [-0.2, -0.15) is 4.31 Å². The van der Waals surface area contributed by atoms with Crippen molar-refractivity contribution in [3.05, 3.63) is 48.0 Å². The van der Waals surface area contributed by atoms with Crippen LogP contribution >= 0.6 is 0 Å². The topological polar surface area (TPSA) is 114 Å². The van der Waals surface area contributed by atoms with E-state index in [9.17, 15) is 18.0 Å². The first-order valence-corrected chi connectivity index (χ1v) is 11.1. The van der Waals surface area contributed by atoms with Gasteiger partial charge in [-0.15, -0.1) is 0 Å². The van der Waals surface area contributed by atoms with Gasteiger partial charge in [-0.25, -0.2) is 8.42 Å². The lowest BCUT2D eigenvalue weighted by Gasteiger charge is -2.18. The Morgan fingerprint density at radius 3 is 2.10 bits per heavy atom. The summed E-state index contributed by atoms with van der Waals surface area (Å²) in [5.41, 5.74) is 0.736. The van der Waals surface area contributed by atoms with E-state index in [0.29, 0.717) is 35.8 Å². The molecular formula is C21H27N3O6S. The average Bonchev–Trinajstić information content (AvgIpc) is 2.77. The largest absolute Gasteiger partial charge is 0.493 e. The van der Waals surface area contributed by atoms with Crippen LogP contribution in [0.5, 0.6) is 11.5 Å². The minimum absolute atomic E-state index is 0.149. The fourth-order valence-corrected chi connectivity index (χ4v) is 4.33. The molecule has 0 bridgehead atoms. The fourth-order valence-electron chi connectivity index (χ4n) is 2.87. The SMILES string of the molecule is CCN(CC)S(=O)(=O)c1ccc(NC(=O)CNC(=O)c2ccc(OC)c(OC)c2)cc1. The highest BCUT2D eigenvalue weighted by Crippen LogP contribution is 2.27. The fraction of sp³-hybridized carbons (Fsp3) is 0.333. The van der Waals surface area contributed by atoms with Crippen molar-refractivity contribution in [3.8, 4) is 11.5 Å². The Balaban J connectivity index is 1.96. The molecule has 0 atom stereocenters. The van der Waals surface area contributed by atoms with Crippen molar-refractivity contribution >= 4 is 27.5 Å². The lowest BCUT2D eigenvalue weighted by atomic mass is 10.2. The zero-order valence-corrected chi connectivity index (χ0v) is 18.8. The number of nitrogens with zero attached hydrogens (tertiary/aromatic N) is 1. The quantitative estimate of drug-likeness (QED) is 0.574. The van der Waals surface area contributed by atoms with E-state index in [-0.39, 0.29) is 11.4 Å². The molecule has 2 aromatic carbocycles. The predicted octanol–water partition coefficient (Wildman–Crippen LogP) is 2.10. The first kappa shape index (κ1) is 24.2. The van der Waals surface area contributed by atoms with Crippen LogP contribution in [0.1, 0.15) is 24.2 Å². The molecule has 0 saturated heterocycles. The number of nitrogens with one attached hydrogen (secondary N) is 2. The molecule has 9 nitrogen and oxygen atoms in total. The predicted molar refractivity (Wildman–Crippen MR) is 117 cm³/mol. The molecule has 168 valence electrons. The molecule has 0 heterocycles. The average molecular weight is 450 g/mol. The Bertz CT molecular complexity index is 1020. The highest BCUT2D eigenvalue weighted by Gasteiger charge is 2.21. The molecule has 0 aliphatic rings. The number of hydrogen-bond donors (Lipinski definition) is 2. The Morgan fingerprint density at radius 2 is 1.55 bits per heavy atom. The summed E-state index contributed by atoms with van der Waals surface area (Å²) in [4.78, 5) is 24.6. The number of carbonyl (C=O) groups is 2. The number of anilines is 1. The summed E-state index contributed by atoms with van der Waals surface area (Å²) in [5.74, 6) is -0.00690. The van der Waals surface area contributed by atoms with Gasteiger partial charge in [0.05, 0.1) is 25.7 Å². The highest BCUT2D eigenvalue weighted by atomic mass is 32.2. The third kappa shape index (κ3) is 5.96. The van der Waals surface area contributed by atoms with Gasteiger partial charge in [-0.3, -0.25) is 9.59 Å². The van der Waals surface area contributed by atoms with Gasteiger partial charge in [0.2, 0.25) is 15.9 Å². The molecule has 0 aromatic heterocycles. The molecule has 2 amide bonds. The summed E-state index contributed by atoms with van der Waals surface area (Å²) >= 11 is 0. The van der Waals surface area contributed by atoms with Crippen LogP contribution in [-0.4, -0.2) is 58.4 Å². The zero-order chi connectivity index (χ0) is 23.0. The molecule has 0 fully saturated rings. The number of benzene rings is 2. The van der Waals surface area contributed by atoms with Gasteiger partial charge in [0.15, 0.2) is 11.5 Å². The second-order valence-electron chi connectivity index (χ2n) is 6.41. The van der Waals surface area contributed by atoms with E-state index in [2.05, 4.69) is 10.6 Å². The van der Waals surface area contributed by atoms with Gasteiger partial charge in [0, 0.05) is 24.3 Å². The summed E-state index contributed by atoms with van der Waals surface area (Å²) in [6, 6.07) is 10.6. The van der Waals surface area contributed by atoms with Crippen molar-refractivity contribution in [1.29, 1.82) is 0 Å². The van der Waals surface area contributed by atoms with Crippen LogP contribution in [0.4, 0.5) is 5.69 Å². The molecule has 0 aliphatic heterocycles. The first-order valence-electron chi connectivity index (χ1n) is 9.67. The summed E-state index contributed by atoms with van der Waals surface area (Å²) < 4.78 is 36.6. The van der Waals surface area contributed by atoms with Crippen molar-refractivity contribution in [2.75, 3.05) is 39.2 Å². The third-order valence-corrected chi connectivity index (χ3v) is 6.60. The van der Waals surface area contributed by atoms with Gasteiger partial charge in [0.1, 0.15) is 0 Å². The maximum Gasteiger partial charge on any atom is 0.251 e. The maximum atomic E-state index is 12.5. The van der Waals surface area contributed by atoms with Gasteiger partial charge in [0.25, 0.3) is 5.91 Å². The molecule has 10 heteroatoms. The van der Waals surface area contributed by atoms with E-state index >= 15 is 0 Å². The summed E-state index contributed by atoms with van der Waals surface area (Å²) in [6.45, 7) is 4.03. The van der Waals surface area contributed by atoms with E-state index in [1.165, 1.54) is 48.9 Å². The molecule has 2 rings (SSSR count). The van der Waals surface area contributed by atoms with Crippen LogP contribution in [0.2, 0.25) is 0 Å². The summed E-state index contributed by atoms with van der Waals surface area (Å²) in [6.07, 6.45) is 0. The van der Waals surface area contributed by atoms with Crippen molar-refractivity contribution in [1.82, 2.24) is 9.62 Å². The summed E-state index contributed by atoms with van der Waals surface area (Å²) in [5, 5.41) is 5.14. The van der Waals surface area contributed by atoms with Gasteiger partial charge < -0.3 is 20.1 Å². The van der Waals surface area contributed by atoms with Gasteiger partial charge in [-0.05, 0) is 42.5 Å². The second kappa shape index (κ2) is 10.8. The number of ether oxygens (including phenoxy) is 2. The van der Waals surface area contributed by atoms with E-state index in [0.717, 1.165) is 0 Å². The molecular weight excluding hydrogens is 422 g/mol. The molecule has 2 N–H and O–H groups in total. The van der Waals surface area contributed by atoms with E-state index < -0.39 is 21.8 Å². The normalized spacial score (nSPS) is 11.1. The maximum absolute atomic E-state index is 12.5. The smallest absolute Gasteiger partial charge is 0.251 e. The third-order valence-electron chi connectivity index (χ3n) is 4.54. The lowest BCUT2D eigenvalue weighted by molar-refractivity contribution is -0.115. The minimum atomic E-state index is -3.56. The summed E-state index contributed by atoms with van der Waals surface area (Å²) in [7, 11) is -0.608. The minimum Gasteiger partial charge on any atom is -0.493 e. The van der Waals surface area contributed by atoms with Crippen LogP contribution in [0.25, 0.3) is 0 Å². The van der Waals surface area contributed by atoms with Crippen molar-refractivity contribution < 1.29 is 27.5 Å². The Hall–Kier alpha value is -3.11. The number of hydrogen-bond acceptors (Lipinski definition) is 6. The van der Waals surface area contributed by atoms with E-state index in [1.807, 2.05) is 0 Å². The van der Waals surface area contributed by atoms with Crippen LogP contribution in [0, 0.1) is 0 Å². The number of methoxy groups -OCH3 is 2. The monoisotopic (exact) mass is 449 g/mol. The molecule has 31 heavy (non-hydrogen) atoms. The highest BCUT2D eigenvalue weighted by molar-refractivity contribution is 7.89. The van der Waals surface area contributed by atoms with Crippen molar-refractivity contribution in [2.24, 2.45) is 0 Å². The molecule has 0 saturated carbocycles. The first-order chi connectivity index (χ1) is 14.8. The standard InChI is InChI=1S/C21H27N3O6S/c1-5-24(6-2)31(27,28)17-10-8-16(9-11-17)23-20(25)14-22-21(26)15-7-12-18(29-3)19(13-15)30-4/h7-13H,5-6,14H2,1-4H3,(H,22,26)(H,23,25). The van der Waals surface area contributed by atoms with Gasteiger partial charge >= 0.3 is 0 Å². The molecule has 0 radical (unpaired) electrons. The molecule has 2 aromatic rings. The Kier molecular flexibility index (Phi) is 8.40. The lowest BCUT2D eigenvalue weighted by Crippen LogP contribution is -2.33. The second-order valence-corrected chi connectivity index (χ2v) is 8.35. The van der Waals surface area contributed by atoms with Gasteiger partial charge in [-0.1, -0.05) is 13.8 Å². The number of rotatable bonds is 10. The van der Waals surface area contributed by atoms with E-state index in [1.54, 1.807) is 26.0 Å². The molecule has 0 aliphatic carbocycles. The number of amides is 2. The Labute approximate surface area is 182 Å². The number of carbonyl (C=O) groups excluding carboxylic acids is 2. The van der Waals surface area contributed by atoms with Crippen LogP contribution < -0.4 is 20.1 Å². The van der Waals surface area contributed by atoms with Crippen molar-refractivity contribution in [2.45, 2.75) is 18.7 Å². The number of sulfonamides is 1. The molecule has 0 spiro atoms. The van der Waals surface area contributed by atoms with Crippen LogP contribution in [-0.2, 0) is 14.8 Å².